The fourth-order valence-electron chi connectivity index (χ4n) is 2.31. The number of aromatic nitrogens is 2. The van der Waals surface area contributed by atoms with Gasteiger partial charge >= 0.3 is 0 Å². The van der Waals surface area contributed by atoms with E-state index in [1.54, 1.807) is 11.3 Å². The van der Waals surface area contributed by atoms with Crippen molar-refractivity contribution in [1.82, 2.24) is 9.78 Å². The topological polar surface area (TPSA) is 27.1 Å². The van der Waals surface area contributed by atoms with Crippen molar-refractivity contribution < 1.29 is 4.74 Å². The summed E-state index contributed by atoms with van der Waals surface area (Å²) in [5.74, 6) is 0. The molecule has 3 aromatic rings. The Hall–Kier alpha value is -1.91. The fraction of sp³-hybridized carbons (Fsp3) is 0.235. The van der Waals surface area contributed by atoms with E-state index in [1.807, 2.05) is 36.7 Å². The second kappa shape index (κ2) is 6.24. The molecule has 0 saturated heterocycles. The lowest BCUT2D eigenvalue weighted by molar-refractivity contribution is 0.0195. The molecule has 3 rings (SSSR count). The first kappa shape index (κ1) is 14.0. The Balaban J connectivity index is 1.96. The normalized spacial score (nSPS) is 13.2. The van der Waals surface area contributed by atoms with Gasteiger partial charge in [-0.2, -0.15) is 5.10 Å². The van der Waals surface area contributed by atoms with Gasteiger partial charge in [-0.25, -0.2) is 4.68 Å². The Morgan fingerprint density at radius 1 is 1.24 bits per heavy atom. The number of hydrogen-bond acceptors (Lipinski definition) is 3. The Bertz CT molecular complexity index is 743. The highest BCUT2D eigenvalue weighted by Gasteiger charge is 2.14. The van der Waals surface area contributed by atoms with Crippen LogP contribution in [0, 0.1) is 0 Å². The molecule has 1 atom stereocenters. The number of ether oxygens (including phenoxy) is 1. The summed E-state index contributed by atoms with van der Waals surface area (Å²) in [7, 11) is 0. The van der Waals surface area contributed by atoms with Crippen molar-refractivity contribution in [2.75, 3.05) is 6.61 Å². The van der Waals surface area contributed by atoms with Crippen molar-refractivity contribution in [3.8, 4) is 0 Å². The maximum atomic E-state index is 5.66. The van der Waals surface area contributed by atoms with Crippen LogP contribution >= 0.6 is 11.3 Å². The van der Waals surface area contributed by atoms with Gasteiger partial charge in [-0.3, -0.25) is 0 Å². The second-order valence-corrected chi connectivity index (χ2v) is 5.66. The predicted molar refractivity (Wildman–Crippen MR) is 89.3 cm³/mol. The highest BCUT2D eigenvalue weighted by molar-refractivity contribution is 7.16. The van der Waals surface area contributed by atoms with Crippen LogP contribution in [0.25, 0.3) is 22.4 Å². The largest absolute Gasteiger partial charge is 0.357 e. The number of nitrogens with zero attached hydrogens (tertiary/aromatic N) is 2. The van der Waals surface area contributed by atoms with Gasteiger partial charge in [0.1, 0.15) is 11.1 Å². The molecule has 0 bridgehead atoms. The predicted octanol–water partition coefficient (Wildman–Crippen LogP) is 4.82. The highest BCUT2D eigenvalue weighted by Crippen LogP contribution is 2.28. The summed E-state index contributed by atoms with van der Waals surface area (Å²) in [5.41, 5.74) is 2.16. The first-order valence-electron chi connectivity index (χ1n) is 7.10. The van der Waals surface area contributed by atoms with E-state index < -0.39 is 0 Å². The Morgan fingerprint density at radius 3 is 2.81 bits per heavy atom. The van der Waals surface area contributed by atoms with Crippen LogP contribution in [-0.2, 0) is 4.74 Å². The molecule has 108 valence electrons. The van der Waals surface area contributed by atoms with E-state index in [0.29, 0.717) is 6.61 Å². The minimum absolute atomic E-state index is 0.0463. The van der Waals surface area contributed by atoms with E-state index in [9.17, 15) is 0 Å². The third-order valence-electron chi connectivity index (χ3n) is 3.33. The standard InChI is InChI=1S/C17H18N2OS/c1-3-20-13(2)19-17-15(11-12-21-17)16(18-19)10-9-14-7-5-4-6-8-14/h4-13H,3H2,1-2H3/b10-9+. The van der Waals surface area contributed by atoms with Gasteiger partial charge < -0.3 is 4.74 Å². The average molecular weight is 298 g/mol. The van der Waals surface area contributed by atoms with Gasteiger partial charge in [0.15, 0.2) is 0 Å². The van der Waals surface area contributed by atoms with Gasteiger partial charge in [0, 0.05) is 12.0 Å². The van der Waals surface area contributed by atoms with Gasteiger partial charge in [0.2, 0.25) is 0 Å². The summed E-state index contributed by atoms with van der Waals surface area (Å²) >= 11 is 1.70. The van der Waals surface area contributed by atoms with Crippen LogP contribution in [0.5, 0.6) is 0 Å². The Morgan fingerprint density at radius 2 is 2.05 bits per heavy atom. The first-order chi connectivity index (χ1) is 10.3. The Kier molecular flexibility index (Phi) is 4.18. The summed E-state index contributed by atoms with van der Waals surface area (Å²) in [6.07, 6.45) is 4.12. The third kappa shape index (κ3) is 2.91. The van der Waals surface area contributed by atoms with Crippen LogP contribution in [0.1, 0.15) is 31.3 Å². The van der Waals surface area contributed by atoms with E-state index in [0.717, 1.165) is 10.5 Å². The van der Waals surface area contributed by atoms with Gasteiger partial charge in [-0.05, 0) is 36.9 Å². The smallest absolute Gasteiger partial charge is 0.149 e. The average Bonchev–Trinajstić information content (AvgIpc) is 3.09. The van der Waals surface area contributed by atoms with Gasteiger partial charge in [0.05, 0.1) is 5.69 Å². The van der Waals surface area contributed by atoms with Crippen molar-refractivity contribution >= 4 is 33.7 Å². The second-order valence-electron chi connectivity index (χ2n) is 4.77. The molecule has 0 spiro atoms. The van der Waals surface area contributed by atoms with Gasteiger partial charge in [-0.1, -0.05) is 36.4 Å². The minimum Gasteiger partial charge on any atom is -0.357 e. The molecule has 0 fully saturated rings. The van der Waals surface area contributed by atoms with Crippen LogP contribution in [0.2, 0.25) is 0 Å². The molecule has 0 amide bonds. The molecule has 2 aromatic heterocycles. The third-order valence-corrected chi connectivity index (χ3v) is 4.23. The molecule has 0 saturated carbocycles. The zero-order valence-electron chi connectivity index (χ0n) is 12.2. The van der Waals surface area contributed by atoms with E-state index in [2.05, 4.69) is 35.7 Å². The van der Waals surface area contributed by atoms with Crippen LogP contribution in [-0.4, -0.2) is 16.4 Å². The minimum atomic E-state index is -0.0463. The molecule has 4 heteroatoms. The molecule has 3 nitrogen and oxygen atoms in total. The van der Waals surface area contributed by atoms with Crippen molar-refractivity contribution in [2.45, 2.75) is 20.1 Å². The summed E-state index contributed by atoms with van der Waals surface area (Å²) in [6, 6.07) is 12.4. The van der Waals surface area contributed by atoms with Crippen LogP contribution in [0.3, 0.4) is 0 Å². The maximum Gasteiger partial charge on any atom is 0.149 e. The van der Waals surface area contributed by atoms with Crippen molar-refractivity contribution in [1.29, 1.82) is 0 Å². The van der Waals surface area contributed by atoms with Crippen LogP contribution in [0.4, 0.5) is 0 Å². The maximum absolute atomic E-state index is 5.66. The summed E-state index contributed by atoms with van der Waals surface area (Å²) in [4.78, 5) is 1.16. The zero-order chi connectivity index (χ0) is 14.7. The van der Waals surface area contributed by atoms with E-state index in [1.165, 1.54) is 10.9 Å². The molecule has 0 aliphatic heterocycles. The molecule has 1 unspecified atom stereocenters. The Labute approximate surface area is 128 Å². The number of benzene rings is 1. The number of fused-ring (bicyclic) bond motifs is 1. The molecule has 21 heavy (non-hydrogen) atoms. The van der Waals surface area contributed by atoms with E-state index in [-0.39, 0.29) is 6.23 Å². The lowest BCUT2D eigenvalue weighted by atomic mass is 10.2. The van der Waals surface area contributed by atoms with E-state index >= 15 is 0 Å². The highest BCUT2D eigenvalue weighted by atomic mass is 32.1. The quantitative estimate of drug-likeness (QED) is 0.675. The van der Waals surface area contributed by atoms with Gasteiger partial charge in [0.25, 0.3) is 0 Å². The zero-order valence-corrected chi connectivity index (χ0v) is 13.0. The van der Waals surface area contributed by atoms with Gasteiger partial charge in [-0.15, -0.1) is 11.3 Å². The fourth-order valence-corrected chi connectivity index (χ4v) is 3.24. The molecule has 0 aliphatic carbocycles. The number of hydrogen-bond donors (Lipinski definition) is 0. The van der Waals surface area contributed by atoms with Crippen LogP contribution < -0.4 is 0 Å². The van der Waals surface area contributed by atoms with Crippen molar-refractivity contribution in [3.63, 3.8) is 0 Å². The van der Waals surface area contributed by atoms with Crippen LogP contribution in [0.15, 0.2) is 41.8 Å². The first-order valence-corrected chi connectivity index (χ1v) is 7.98. The molecule has 0 aliphatic rings. The summed E-state index contributed by atoms with van der Waals surface area (Å²) in [6.45, 7) is 4.71. The number of rotatable bonds is 5. The lowest BCUT2D eigenvalue weighted by Crippen LogP contribution is -2.10. The summed E-state index contributed by atoms with van der Waals surface area (Å²) < 4.78 is 7.63. The monoisotopic (exact) mass is 298 g/mol. The molecule has 2 heterocycles. The summed E-state index contributed by atoms with van der Waals surface area (Å²) in [5, 5.41) is 7.98. The molecule has 1 aromatic carbocycles. The molecular weight excluding hydrogens is 280 g/mol. The van der Waals surface area contributed by atoms with Crippen molar-refractivity contribution in [2.24, 2.45) is 0 Å². The molecular formula is C17H18N2OS. The number of thiophene rings is 1. The molecule has 0 radical (unpaired) electrons. The lowest BCUT2D eigenvalue weighted by Gasteiger charge is -2.11. The SMILES string of the molecule is CCOC(C)n1nc(/C=C/c2ccccc2)c2ccsc21. The van der Waals surface area contributed by atoms with Crippen molar-refractivity contribution in [3.05, 3.63) is 53.0 Å². The van der Waals surface area contributed by atoms with E-state index in [4.69, 9.17) is 9.84 Å². The molecule has 0 N–H and O–H groups in total.